The molecule has 0 aliphatic heterocycles. The van der Waals surface area contributed by atoms with Crippen LogP contribution in [0.5, 0.6) is 5.75 Å². The van der Waals surface area contributed by atoms with Gasteiger partial charge in [-0.25, -0.2) is 0 Å². The van der Waals surface area contributed by atoms with Crippen LogP contribution in [0.2, 0.25) is 0 Å². The van der Waals surface area contributed by atoms with Gasteiger partial charge in [-0.3, -0.25) is 0 Å². The van der Waals surface area contributed by atoms with Crippen molar-refractivity contribution in [2.75, 3.05) is 26.2 Å². The third-order valence-corrected chi connectivity index (χ3v) is 5.09. The summed E-state index contributed by atoms with van der Waals surface area (Å²) < 4.78 is 4.79. The molecule has 0 heterocycles. The highest BCUT2D eigenvalue weighted by molar-refractivity contribution is 7.73. The van der Waals surface area contributed by atoms with Crippen LogP contribution >= 0.6 is 7.26 Å². The second-order valence-electron chi connectivity index (χ2n) is 5.68. The van der Waals surface area contributed by atoms with Gasteiger partial charge in [0.2, 0.25) is 0 Å². The maximum atomic E-state index is 8.62. The second kappa shape index (κ2) is 7.89. The molecular weight excluding hydrogens is 258 g/mol. The first kappa shape index (κ1) is 18.4. The standard InChI is InChI=1S/C9H13BO3.C5H14P/c1-6-4-5-9(13-10(11)12)8(3)7(6)2;1-5-6(2,3)4/h4-5,11-12H,1-3H3;5H2,1-4H3/q;+1. The van der Waals surface area contributed by atoms with Gasteiger partial charge in [0.25, 0.3) is 0 Å². The van der Waals surface area contributed by atoms with E-state index in [0.29, 0.717) is 5.75 Å². The predicted molar refractivity (Wildman–Crippen MR) is 86.7 cm³/mol. The van der Waals surface area contributed by atoms with E-state index >= 15 is 0 Å². The van der Waals surface area contributed by atoms with Crippen molar-refractivity contribution in [3.63, 3.8) is 0 Å². The summed E-state index contributed by atoms with van der Waals surface area (Å²) in [5, 5.41) is 17.2. The summed E-state index contributed by atoms with van der Waals surface area (Å²) in [5.41, 5.74) is 3.21. The number of hydrogen-bond donors (Lipinski definition) is 2. The van der Waals surface area contributed by atoms with Crippen molar-refractivity contribution < 1.29 is 14.7 Å². The first-order valence-corrected chi connectivity index (χ1v) is 9.80. The van der Waals surface area contributed by atoms with E-state index in [1.807, 2.05) is 26.8 Å². The quantitative estimate of drug-likeness (QED) is 0.663. The first-order valence-electron chi connectivity index (χ1n) is 6.48. The Morgan fingerprint density at radius 3 is 1.89 bits per heavy atom. The van der Waals surface area contributed by atoms with Crippen LogP contribution in [0, 0.1) is 20.8 Å². The molecule has 1 rings (SSSR count). The third kappa shape index (κ3) is 7.56. The topological polar surface area (TPSA) is 49.7 Å². The highest BCUT2D eigenvalue weighted by atomic mass is 31.2. The SMILES string of the molecule is CC[P+](C)(C)C.Cc1ccc(OB(O)O)c(C)c1C. The average molecular weight is 285 g/mol. The molecule has 0 spiro atoms. The minimum atomic E-state index is -1.75. The molecule has 0 saturated carbocycles. The maximum Gasteiger partial charge on any atom is 0.707 e. The van der Waals surface area contributed by atoms with E-state index in [2.05, 4.69) is 26.9 Å². The lowest BCUT2D eigenvalue weighted by molar-refractivity contribution is 0.287. The lowest BCUT2D eigenvalue weighted by Gasteiger charge is -2.11. The molecular formula is C14H27BO3P+. The first-order chi connectivity index (χ1) is 8.58. The zero-order chi connectivity index (χ0) is 15.2. The lowest BCUT2D eigenvalue weighted by Crippen LogP contribution is -2.21. The van der Waals surface area contributed by atoms with Gasteiger partial charge in [-0.1, -0.05) is 6.07 Å². The molecule has 0 unspecified atom stereocenters. The van der Waals surface area contributed by atoms with E-state index in [1.54, 1.807) is 6.07 Å². The zero-order valence-electron chi connectivity index (χ0n) is 13.2. The molecule has 108 valence electrons. The summed E-state index contributed by atoms with van der Waals surface area (Å²) in [7, 11) is -2.15. The molecule has 0 amide bonds. The number of benzene rings is 1. The van der Waals surface area contributed by atoms with Crippen molar-refractivity contribution in [1.82, 2.24) is 0 Å². The van der Waals surface area contributed by atoms with E-state index in [4.69, 9.17) is 14.7 Å². The van der Waals surface area contributed by atoms with Gasteiger partial charge in [0.15, 0.2) is 0 Å². The summed E-state index contributed by atoms with van der Waals surface area (Å²) in [6, 6.07) is 3.62. The van der Waals surface area contributed by atoms with Crippen LogP contribution in [0.1, 0.15) is 23.6 Å². The number of hydrogen-bond acceptors (Lipinski definition) is 3. The van der Waals surface area contributed by atoms with Gasteiger partial charge in [-0.15, -0.1) is 0 Å². The molecule has 0 aliphatic rings. The summed E-state index contributed by atoms with van der Waals surface area (Å²) in [6.45, 7) is 15.2. The number of rotatable bonds is 3. The van der Waals surface area contributed by atoms with Gasteiger partial charge in [-0.2, -0.15) is 0 Å². The van der Waals surface area contributed by atoms with Crippen LogP contribution in [-0.2, 0) is 0 Å². The molecule has 5 heteroatoms. The Kier molecular flexibility index (Phi) is 7.65. The summed E-state index contributed by atoms with van der Waals surface area (Å²) in [6.07, 6.45) is 1.38. The Balaban J connectivity index is 0.000000459. The fraction of sp³-hybridized carbons (Fsp3) is 0.571. The second-order valence-corrected chi connectivity index (χ2v) is 10.9. The normalized spacial score (nSPS) is 10.6. The summed E-state index contributed by atoms with van der Waals surface area (Å²) in [4.78, 5) is 0. The Bertz CT molecular complexity index is 400. The molecule has 0 aromatic heterocycles. The smallest absolute Gasteiger partial charge is 0.512 e. The monoisotopic (exact) mass is 285 g/mol. The minimum Gasteiger partial charge on any atom is -0.512 e. The van der Waals surface area contributed by atoms with Crippen molar-refractivity contribution in [3.8, 4) is 5.75 Å². The van der Waals surface area contributed by atoms with Crippen molar-refractivity contribution in [2.24, 2.45) is 0 Å². The fourth-order valence-corrected chi connectivity index (χ4v) is 1.17. The van der Waals surface area contributed by atoms with Gasteiger partial charge in [0, 0.05) is 27.3 Å². The average Bonchev–Trinajstić information content (AvgIpc) is 2.29. The molecule has 1 aromatic rings. The maximum absolute atomic E-state index is 8.62. The molecule has 3 nitrogen and oxygen atoms in total. The Morgan fingerprint density at radius 1 is 1.05 bits per heavy atom. The molecule has 0 aliphatic carbocycles. The van der Waals surface area contributed by atoms with Gasteiger partial charge >= 0.3 is 7.32 Å². The summed E-state index contributed by atoms with van der Waals surface area (Å²) >= 11 is 0. The van der Waals surface area contributed by atoms with E-state index < -0.39 is 14.6 Å². The highest BCUT2D eigenvalue weighted by Gasteiger charge is 2.14. The van der Waals surface area contributed by atoms with Crippen molar-refractivity contribution in [2.45, 2.75) is 27.7 Å². The Hall–Kier alpha value is -0.565. The van der Waals surface area contributed by atoms with Gasteiger partial charge in [0.05, 0.1) is 6.16 Å². The van der Waals surface area contributed by atoms with E-state index in [-0.39, 0.29) is 0 Å². The largest absolute Gasteiger partial charge is 0.707 e. The van der Waals surface area contributed by atoms with Crippen LogP contribution in [-0.4, -0.2) is 43.5 Å². The fourth-order valence-electron chi connectivity index (χ4n) is 1.17. The van der Waals surface area contributed by atoms with Gasteiger partial charge in [0.1, 0.15) is 5.75 Å². The molecule has 0 radical (unpaired) electrons. The van der Waals surface area contributed by atoms with Gasteiger partial charge in [-0.05, 0) is 50.5 Å². The molecule has 0 saturated heterocycles. The molecule has 1 aromatic carbocycles. The van der Waals surface area contributed by atoms with Crippen molar-refractivity contribution in [1.29, 1.82) is 0 Å². The van der Waals surface area contributed by atoms with Crippen LogP contribution < -0.4 is 4.65 Å². The van der Waals surface area contributed by atoms with E-state index in [9.17, 15) is 0 Å². The highest BCUT2D eigenvalue weighted by Crippen LogP contribution is 2.45. The molecule has 0 bridgehead atoms. The summed E-state index contributed by atoms with van der Waals surface area (Å²) in [5.74, 6) is 0.512. The van der Waals surface area contributed by atoms with Crippen LogP contribution in [0.3, 0.4) is 0 Å². The minimum absolute atomic E-state index is 0.397. The van der Waals surface area contributed by atoms with E-state index in [0.717, 1.165) is 16.7 Å². The molecule has 2 N–H and O–H groups in total. The zero-order valence-corrected chi connectivity index (χ0v) is 14.1. The molecule has 19 heavy (non-hydrogen) atoms. The Morgan fingerprint density at radius 2 is 1.53 bits per heavy atom. The van der Waals surface area contributed by atoms with Gasteiger partial charge < -0.3 is 14.7 Å². The van der Waals surface area contributed by atoms with Crippen molar-refractivity contribution in [3.05, 3.63) is 28.8 Å². The lowest BCUT2D eigenvalue weighted by atomic mass is 10.0. The molecule has 0 fully saturated rings. The Labute approximate surface area is 118 Å². The van der Waals surface area contributed by atoms with Crippen LogP contribution in [0.25, 0.3) is 0 Å². The van der Waals surface area contributed by atoms with E-state index in [1.165, 1.54) is 6.16 Å². The third-order valence-electron chi connectivity index (χ3n) is 3.19. The predicted octanol–water partition coefficient (Wildman–Crippen LogP) is 2.87. The van der Waals surface area contributed by atoms with Crippen molar-refractivity contribution >= 4 is 14.6 Å². The van der Waals surface area contributed by atoms with Crippen LogP contribution in [0.15, 0.2) is 12.1 Å². The number of aryl methyl sites for hydroxylation is 1. The van der Waals surface area contributed by atoms with Crippen LogP contribution in [0.4, 0.5) is 0 Å². The molecule has 0 atom stereocenters.